The van der Waals surface area contributed by atoms with Crippen LogP contribution in [0, 0.1) is 6.92 Å². The molecule has 0 saturated heterocycles. The van der Waals surface area contributed by atoms with Gasteiger partial charge < -0.3 is 4.98 Å². The average Bonchev–Trinajstić information content (AvgIpc) is 3.55. The number of aryl methyl sites for hydroxylation is 2. The Labute approximate surface area is 251 Å². The molecule has 0 bridgehead atoms. The Balaban J connectivity index is 1.41. The Morgan fingerprint density at radius 2 is 1.71 bits per heavy atom. The number of H-pyrrole nitrogens is 1. The van der Waals surface area contributed by atoms with Gasteiger partial charge >= 0.3 is 0 Å². The van der Waals surface area contributed by atoms with Crippen molar-refractivity contribution in [3.63, 3.8) is 0 Å². The lowest BCUT2D eigenvalue weighted by molar-refractivity contribution is 0.585. The molecule has 0 unspecified atom stereocenters. The van der Waals surface area contributed by atoms with E-state index in [9.17, 15) is 4.79 Å². The number of rotatable bonds is 3. The van der Waals surface area contributed by atoms with E-state index < -0.39 is 0 Å². The second-order valence-corrected chi connectivity index (χ2v) is 12.4. The lowest BCUT2D eigenvalue weighted by Crippen LogP contribution is -2.38. The molecule has 0 saturated carbocycles. The van der Waals surface area contributed by atoms with Crippen LogP contribution in [0.15, 0.2) is 112 Å². The summed E-state index contributed by atoms with van der Waals surface area (Å²) in [7, 11) is 0. The maximum Gasteiger partial charge on any atom is 0.271 e. The Morgan fingerprint density at radius 3 is 2.55 bits per heavy atom. The second-order valence-electron chi connectivity index (χ2n) is 10.9. The number of para-hydroxylation sites is 1. The SMILES string of the molecule is Cc1cccc2c(/C=c3/sc4n(c3=O)[C@H](c3ccc(Cl)cc3)C3=C(N=4)c4ccccc4CC3)c(-c3ccccc3)[nH]c12. The van der Waals surface area contributed by atoms with E-state index in [4.69, 9.17) is 16.6 Å². The summed E-state index contributed by atoms with van der Waals surface area (Å²) >= 11 is 7.75. The van der Waals surface area contributed by atoms with E-state index in [0.717, 1.165) is 62.2 Å². The maximum absolute atomic E-state index is 14.4. The zero-order valence-corrected chi connectivity index (χ0v) is 24.5. The summed E-state index contributed by atoms with van der Waals surface area (Å²) in [5.74, 6) is 0. The van der Waals surface area contributed by atoms with Gasteiger partial charge in [0.15, 0.2) is 4.80 Å². The smallest absolute Gasteiger partial charge is 0.271 e. The van der Waals surface area contributed by atoms with Crippen molar-refractivity contribution in [1.29, 1.82) is 0 Å². The van der Waals surface area contributed by atoms with Gasteiger partial charge in [-0.05, 0) is 65.8 Å². The van der Waals surface area contributed by atoms with Gasteiger partial charge in [0.2, 0.25) is 0 Å². The van der Waals surface area contributed by atoms with Crippen LogP contribution < -0.4 is 14.9 Å². The molecule has 0 spiro atoms. The quantitative estimate of drug-likeness (QED) is 0.231. The van der Waals surface area contributed by atoms with Gasteiger partial charge in [-0.25, -0.2) is 4.99 Å². The first-order valence-corrected chi connectivity index (χ1v) is 15.3. The Morgan fingerprint density at radius 1 is 0.929 bits per heavy atom. The monoisotopic (exact) mass is 583 g/mol. The summed E-state index contributed by atoms with van der Waals surface area (Å²) in [6, 6.07) is 32.8. The number of thiazole rings is 1. The Hall–Kier alpha value is -4.45. The van der Waals surface area contributed by atoms with Crippen LogP contribution in [-0.2, 0) is 6.42 Å². The molecule has 1 aliphatic carbocycles. The summed E-state index contributed by atoms with van der Waals surface area (Å²) in [6.07, 6.45) is 3.83. The molecule has 4 nitrogen and oxygen atoms in total. The molecule has 204 valence electrons. The Bertz CT molecular complexity index is 2240. The van der Waals surface area contributed by atoms with Crippen LogP contribution in [0.4, 0.5) is 0 Å². The lowest BCUT2D eigenvalue weighted by atomic mass is 9.83. The van der Waals surface area contributed by atoms with E-state index in [1.165, 1.54) is 28.0 Å². The fraction of sp³-hybridized carbons (Fsp3) is 0.111. The third kappa shape index (κ3) is 3.96. The first-order valence-electron chi connectivity index (χ1n) is 14.1. The number of fused-ring (bicyclic) bond motifs is 4. The maximum atomic E-state index is 14.4. The molecule has 8 rings (SSSR count). The van der Waals surface area contributed by atoms with Gasteiger partial charge in [0.05, 0.1) is 22.0 Å². The molecule has 0 radical (unpaired) electrons. The number of allylic oxidation sites excluding steroid dienone is 1. The van der Waals surface area contributed by atoms with Gasteiger partial charge in [0.25, 0.3) is 5.56 Å². The largest absolute Gasteiger partial charge is 0.354 e. The third-order valence-electron chi connectivity index (χ3n) is 8.48. The number of nitrogens with zero attached hydrogens (tertiary/aromatic N) is 2. The van der Waals surface area contributed by atoms with Gasteiger partial charge in [-0.2, -0.15) is 0 Å². The van der Waals surface area contributed by atoms with Crippen molar-refractivity contribution in [3.05, 3.63) is 155 Å². The molecular formula is C36H26ClN3OS. The average molecular weight is 584 g/mol. The number of benzene rings is 4. The predicted molar refractivity (Wildman–Crippen MR) is 173 cm³/mol. The van der Waals surface area contributed by atoms with Gasteiger partial charge in [-0.3, -0.25) is 9.36 Å². The topological polar surface area (TPSA) is 50.1 Å². The van der Waals surface area contributed by atoms with Crippen molar-refractivity contribution in [2.45, 2.75) is 25.8 Å². The van der Waals surface area contributed by atoms with E-state index in [0.29, 0.717) is 9.55 Å². The third-order valence-corrected chi connectivity index (χ3v) is 9.71. The van der Waals surface area contributed by atoms with Gasteiger partial charge in [-0.1, -0.05) is 108 Å². The molecule has 0 amide bonds. The normalized spacial score (nSPS) is 16.2. The molecule has 42 heavy (non-hydrogen) atoms. The molecule has 4 aromatic carbocycles. The molecule has 6 aromatic rings. The zero-order valence-electron chi connectivity index (χ0n) is 22.9. The molecule has 1 N–H and O–H groups in total. The van der Waals surface area contributed by atoms with E-state index in [2.05, 4.69) is 72.6 Å². The van der Waals surface area contributed by atoms with Crippen LogP contribution >= 0.6 is 22.9 Å². The van der Waals surface area contributed by atoms with Crippen molar-refractivity contribution >= 4 is 45.6 Å². The van der Waals surface area contributed by atoms with Crippen LogP contribution in [0.5, 0.6) is 0 Å². The van der Waals surface area contributed by atoms with Crippen molar-refractivity contribution < 1.29 is 0 Å². The van der Waals surface area contributed by atoms with E-state index in [-0.39, 0.29) is 11.6 Å². The second kappa shape index (κ2) is 9.83. The van der Waals surface area contributed by atoms with Crippen LogP contribution in [0.2, 0.25) is 5.02 Å². The minimum Gasteiger partial charge on any atom is -0.354 e. The van der Waals surface area contributed by atoms with Crippen LogP contribution in [-0.4, -0.2) is 9.55 Å². The van der Waals surface area contributed by atoms with Crippen molar-refractivity contribution in [2.75, 3.05) is 0 Å². The highest BCUT2D eigenvalue weighted by Crippen LogP contribution is 2.41. The number of nitrogens with one attached hydrogen (secondary N) is 1. The minimum absolute atomic E-state index is 0.0230. The fourth-order valence-corrected chi connectivity index (χ4v) is 7.57. The van der Waals surface area contributed by atoms with Crippen LogP contribution in [0.25, 0.3) is 33.9 Å². The van der Waals surface area contributed by atoms with Crippen molar-refractivity contribution in [2.24, 2.45) is 4.99 Å². The molecule has 2 aliphatic rings. The molecule has 0 fully saturated rings. The summed E-state index contributed by atoms with van der Waals surface area (Å²) in [5.41, 5.74) is 11.0. The summed E-state index contributed by atoms with van der Waals surface area (Å²) in [6.45, 7) is 2.11. The first kappa shape index (κ1) is 25.3. The molecule has 3 heterocycles. The van der Waals surface area contributed by atoms with Gasteiger partial charge in [0.1, 0.15) is 0 Å². The summed E-state index contributed by atoms with van der Waals surface area (Å²) < 4.78 is 2.56. The minimum atomic E-state index is -0.233. The number of aromatic nitrogens is 2. The fourth-order valence-electron chi connectivity index (χ4n) is 6.47. The highest BCUT2D eigenvalue weighted by Gasteiger charge is 2.32. The molecule has 2 aromatic heterocycles. The van der Waals surface area contributed by atoms with Crippen molar-refractivity contribution in [1.82, 2.24) is 9.55 Å². The molecular weight excluding hydrogens is 558 g/mol. The number of halogens is 1. The summed E-state index contributed by atoms with van der Waals surface area (Å²) in [5, 5.41) is 1.78. The van der Waals surface area contributed by atoms with Crippen LogP contribution in [0.1, 0.15) is 40.3 Å². The molecule has 1 aliphatic heterocycles. The van der Waals surface area contributed by atoms with Gasteiger partial charge in [-0.15, -0.1) is 0 Å². The summed E-state index contributed by atoms with van der Waals surface area (Å²) in [4.78, 5) is 23.9. The number of hydrogen-bond acceptors (Lipinski definition) is 3. The number of hydrogen-bond donors (Lipinski definition) is 1. The van der Waals surface area contributed by atoms with Gasteiger partial charge in [0, 0.05) is 27.1 Å². The lowest BCUT2D eigenvalue weighted by Gasteiger charge is -2.30. The number of aromatic amines is 1. The van der Waals surface area contributed by atoms with E-state index in [1.54, 1.807) is 0 Å². The van der Waals surface area contributed by atoms with E-state index >= 15 is 0 Å². The van der Waals surface area contributed by atoms with E-state index in [1.807, 2.05) is 47.0 Å². The first-order chi connectivity index (χ1) is 20.6. The molecule has 6 heteroatoms. The molecule has 1 atom stereocenters. The predicted octanol–water partition coefficient (Wildman–Crippen LogP) is 7.43. The highest BCUT2D eigenvalue weighted by molar-refractivity contribution is 7.07. The van der Waals surface area contributed by atoms with Crippen molar-refractivity contribution in [3.8, 4) is 11.3 Å². The Kier molecular flexibility index (Phi) is 5.92. The van der Waals surface area contributed by atoms with Crippen LogP contribution in [0.3, 0.4) is 0 Å². The zero-order chi connectivity index (χ0) is 28.4. The standard InChI is InChI=1S/C36H26ClN3OS/c1-21-8-7-13-27-29(32(38-31(21)27)23-10-3-2-4-11-23)20-30-35(41)40-34(24-14-17-25(37)18-15-24)28-19-16-22-9-5-6-12-26(22)33(28)39-36(40)42-30/h2-15,17-18,20,34,38H,16,19H2,1H3/b30-20+/t34-/m1/s1. The highest BCUT2D eigenvalue weighted by atomic mass is 35.5.